The minimum absolute atomic E-state index is 0.546. The van der Waals surface area contributed by atoms with E-state index < -0.39 is 16.1 Å². The average molecular weight is 483 g/mol. The lowest BCUT2D eigenvalue weighted by molar-refractivity contribution is 0.368. The van der Waals surface area contributed by atoms with Gasteiger partial charge < -0.3 is 4.74 Å². The van der Waals surface area contributed by atoms with Crippen LogP contribution in [0.5, 0.6) is 5.75 Å². The van der Waals surface area contributed by atoms with Gasteiger partial charge in [-0.15, -0.1) is 23.1 Å². The van der Waals surface area contributed by atoms with E-state index in [0.717, 1.165) is 5.75 Å². The Balaban J connectivity index is 1.99. The monoisotopic (exact) mass is 482 g/mol. The van der Waals surface area contributed by atoms with Crippen LogP contribution in [0, 0.1) is 13.8 Å². The largest absolute Gasteiger partial charge is 0.490 e. The third-order valence-electron chi connectivity index (χ3n) is 6.23. The Morgan fingerprint density at radius 2 is 1.74 bits per heavy atom. The highest BCUT2D eigenvalue weighted by atomic mass is 32.2. The van der Waals surface area contributed by atoms with E-state index in [-0.39, 0.29) is 0 Å². The van der Waals surface area contributed by atoms with Crippen LogP contribution < -0.4 is 15.1 Å². The van der Waals surface area contributed by atoms with E-state index >= 15 is 0 Å². The van der Waals surface area contributed by atoms with Crippen molar-refractivity contribution in [1.29, 1.82) is 0 Å². The fraction of sp³-hybridized carbons (Fsp3) is 0.385. The molecule has 0 amide bonds. The molecule has 1 aliphatic heterocycles. The van der Waals surface area contributed by atoms with Crippen LogP contribution in [0.15, 0.2) is 41.8 Å². The third kappa shape index (κ3) is 3.88. The first-order valence-electron chi connectivity index (χ1n) is 11.1. The van der Waals surface area contributed by atoms with Crippen LogP contribution in [-0.2, 0) is 0 Å². The molecule has 1 aromatic heterocycles. The van der Waals surface area contributed by atoms with Gasteiger partial charge in [-0.05, 0) is 48.0 Å². The van der Waals surface area contributed by atoms with Crippen LogP contribution in [0.3, 0.4) is 0 Å². The lowest BCUT2D eigenvalue weighted by atomic mass is 10.1. The molecule has 0 spiro atoms. The van der Waals surface area contributed by atoms with Crippen molar-refractivity contribution in [2.24, 2.45) is 0 Å². The predicted molar refractivity (Wildman–Crippen MR) is 148 cm³/mol. The molecular weight excluding hydrogens is 449 g/mol. The fourth-order valence-electron chi connectivity index (χ4n) is 4.80. The lowest BCUT2D eigenvalue weighted by Gasteiger charge is -2.32. The van der Waals surface area contributed by atoms with Gasteiger partial charge in [0.1, 0.15) is 20.4 Å². The summed E-state index contributed by atoms with van der Waals surface area (Å²) in [6.07, 6.45) is 4.35. The van der Waals surface area contributed by atoms with Crippen LogP contribution in [0.25, 0.3) is 10.8 Å². The minimum atomic E-state index is -2.04. The summed E-state index contributed by atoms with van der Waals surface area (Å²) in [6.45, 7) is 23.6. The number of ether oxygens (including phenoxy) is 1. The second kappa shape index (κ2) is 7.94. The van der Waals surface area contributed by atoms with E-state index in [4.69, 9.17) is 4.74 Å². The molecule has 164 valence electrons. The van der Waals surface area contributed by atoms with Crippen molar-refractivity contribution in [3.63, 3.8) is 0 Å². The zero-order valence-corrected chi connectivity index (χ0v) is 23.7. The summed E-state index contributed by atoms with van der Waals surface area (Å²) >= 11 is 4.03. The van der Waals surface area contributed by atoms with Gasteiger partial charge in [-0.25, -0.2) is 0 Å². The van der Waals surface area contributed by atoms with Gasteiger partial charge in [-0.2, -0.15) is 0 Å². The molecule has 4 rings (SSSR count). The number of rotatable bonds is 6. The van der Waals surface area contributed by atoms with E-state index in [1.54, 1.807) is 5.20 Å². The Morgan fingerprint density at radius 3 is 2.39 bits per heavy atom. The summed E-state index contributed by atoms with van der Waals surface area (Å²) in [7, 11) is -3.63. The molecule has 1 atom stereocenters. The molecule has 1 unspecified atom stereocenters. The van der Waals surface area contributed by atoms with Crippen LogP contribution in [0.2, 0.25) is 32.7 Å². The summed E-state index contributed by atoms with van der Waals surface area (Å²) < 4.78 is 6.48. The highest BCUT2D eigenvalue weighted by Crippen LogP contribution is 2.57. The summed E-state index contributed by atoms with van der Waals surface area (Å²) in [5.74, 6) is 1.15. The van der Waals surface area contributed by atoms with Gasteiger partial charge >= 0.3 is 0 Å². The number of fused-ring (bicyclic) bond motifs is 3. The topological polar surface area (TPSA) is 9.23 Å². The maximum Gasteiger partial charge on any atom is 0.120 e. The molecular formula is C26H34OS2Si2. The van der Waals surface area contributed by atoms with Gasteiger partial charge in [0, 0.05) is 25.5 Å². The Bertz CT molecular complexity index is 1130. The third-order valence-corrected chi connectivity index (χ3v) is 14.3. The van der Waals surface area contributed by atoms with Gasteiger partial charge in [0.2, 0.25) is 0 Å². The maximum absolute atomic E-state index is 6.48. The standard InChI is InChI=1S/C26H34OS2Si2/c1-10-11-27-23-21(30(5,6)7)12-16(2)13-22(23)31(8,9)26-24-19(14-17(3)28-24)20-15-18(4)29-25(20)26/h10,12-15,17H,1,11H2,2-9H3. The Labute approximate surface area is 198 Å². The number of allylic oxidation sites excluding steroid dienone is 1. The molecule has 0 N–H and O–H groups in total. The first kappa shape index (κ1) is 22.9. The van der Waals surface area contributed by atoms with Crippen LogP contribution in [0.1, 0.15) is 27.8 Å². The molecule has 0 saturated heterocycles. The van der Waals surface area contributed by atoms with Crippen molar-refractivity contribution in [3.8, 4) is 5.75 Å². The highest BCUT2D eigenvalue weighted by Gasteiger charge is 2.44. The molecule has 0 saturated carbocycles. The number of hydrogen-bond acceptors (Lipinski definition) is 3. The van der Waals surface area contributed by atoms with E-state index in [0.29, 0.717) is 11.9 Å². The Morgan fingerprint density at radius 1 is 1.06 bits per heavy atom. The fourth-order valence-corrected chi connectivity index (χ4v) is 13.5. The molecule has 0 fully saturated rings. The van der Waals surface area contributed by atoms with Crippen molar-refractivity contribution < 1.29 is 4.74 Å². The predicted octanol–water partition coefficient (Wildman–Crippen LogP) is 6.87. The van der Waals surface area contributed by atoms with Gasteiger partial charge in [-0.3, -0.25) is 0 Å². The SMILES string of the molecule is C=CCOc1c([Si](C)(C)C)cc(C)cc1[Si](C)(C)C1=C2SC(C)C=C2c2cc(C)sc21. The number of thioether (sulfide) groups is 1. The van der Waals surface area contributed by atoms with Crippen molar-refractivity contribution in [1.82, 2.24) is 0 Å². The molecule has 2 aliphatic rings. The zero-order chi connectivity index (χ0) is 22.7. The quantitative estimate of drug-likeness (QED) is 0.328. The summed E-state index contributed by atoms with van der Waals surface area (Å²) in [5.41, 5.74) is 4.31. The first-order chi connectivity index (χ1) is 14.4. The van der Waals surface area contributed by atoms with Crippen molar-refractivity contribution in [2.45, 2.75) is 58.8 Å². The first-order valence-corrected chi connectivity index (χ1v) is 19.3. The number of hydrogen-bond donors (Lipinski definition) is 0. The van der Waals surface area contributed by atoms with Crippen molar-refractivity contribution in [3.05, 3.63) is 62.7 Å². The smallest absolute Gasteiger partial charge is 0.120 e. The van der Waals surface area contributed by atoms with E-state index in [1.807, 2.05) is 17.4 Å². The highest BCUT2D eigenvalue weighted by molar-refractivity contribution is 8.05. The Kier molecular flexibility index (Phi) is 5.87. The molecule has 2 aromatic rings. The van der Waals surface area contributed by atoms with Gasteiger partial charge in [0.05, 0.1) is 8.07 Å². The summed E-state index contributed by atoms with van der Waals surface area (Å²) in [6, 6.07) is 7.21. The van der Waals surface area contributed by atoms with Crippen LogP contribution in [-0.4, -0.2) is 28.0 Å². The van der Waals surface area contributed by atoms with Gasteiger partial charge in [-0.1, -0.05) is 69.2 Å². The molecule has 2 heterocycles. The average Bonchev–Trinajstić information content (AvgIpc) is 3.28. The molecule has 1 nitrogen and oxygen atoms in total. The van der Waals surface area contributed by atoms with Crippen LogP contribution >= 0.6 is 23.1 Å². The van der Waals surface area contributed by atoms with Gasteiger partial charge in [0.25, 0.3) is 0 Å². The van der Waals surface area contributed by atoms with Crippen molar-refractivity contribution >= 4 is 60.4 Å². The maximum atomic E-state index is 6.48. The Hall–Kier alpha value is -1.28. The van der Waals surface area contributed by atoms with Gasteiger partial charge in [0.15, 0.2) is 0 Å². The molecule has 0 bridgehead atoms. The zero-order valence-electron chi connectivity index (χ0n) is 20.1. The van der Waals surface area contributed by atoms with E-state index in [1.165, 1.54) is 41.7 Å². The van der Waals surface area contributed by atoms with Crippen molar-refractivity contribution in [2.75, 3.05) is 6.61 Å². The molecule has 0 radical (unpaired) electrons. The number of benzene rings is 1. The molecule has 1 aliphatic carbocycles. The second-order valence-electron chi connectivity index (χ2n) is 10.4. The normalized spacial score (nSPS) is 18.2. The molecule has 5 heteroatoms. The number of aryl methyl sites for hydroxylation is 2. The number of thiophene rings is 1. The minimum Gasteiger partial charge on any atom is -0.490 e. The molecule has 1 aromatic carbocycles. The van der Waals surface area contributed by atoms with E-state index in [2.05, 4.69) is 96.1 Å². The molecule has 31 heavy (non-hydrogen) atoms. The van der Waals surface area contributed by atoms with E-state index in [9.17, 15) is 0 Å². The summed E-state index contributed by atoms with van der Waals surface area (Å²) in [5, 5.41) is 5.06. The van der Waals surface area contributed by atoms with Crippen LogP contribution in [0.4, 0.5) is 0 Å². The second-order valence-corrected chi connectivity index (χ2v) is 22.3. The summed E-state index contributed by atoms with van der Waals surface area (Å²) in [4.78, 5) is 4.46. The lowest BCUT2D eigenvalue weighted by Crippen LogP contribution is -2.49.